The van der Waals surface area contributed by atoms with Gasteiger partial charge in [-0.3, -0.25) is 0 Å². The molecule has 0 aliphatic heterocycles. The summed E-state index contributed by atoms with van der Waals surface area (Å²) < 4.78 is 0. The molecule has 1 nitrogen and oxygen atoms in total. The van der Waals surface area contributed by atoms with Gasteiger partial charge in [0.2, 0.25) is 0 Å². The zero-order valence-corrected chi connectivity index (χ0v) is 17.0. The van der Waals surface area contributed by atoms with Gasteiger partial charge in [0.05, 0.1) is 5.41 Å². The van der Waals surface area contributed by atoms with Gasteiger partial charge < -0.3 is 5.11 Å². The molecule has 0 unspecified atom stereocenters. The van der Waals surface area contributed by atoms with Crippen molar-refractivity contribution in [2.75, 3.05) is 0 Å². The Labute approximate surface area is 172 Å². The van der Waals surface area contributed by atoms with E-state index in [1.54, 1.807) is 0 Å². The van der Waals surface area contributed by atoms with Crippen molar-refractivity contribution >= 4 is 0 Å². The summed E-state index contributed by atoms with van der Waals surface area (Å²) in [7, 11) is 0. The highest BCUT2D eigenvalue weighted by Gasteiger charge is 2.46. The van der Waals surface area contributed by atoms with Crippen molar-refractivity contribution in [2.45, 2.75) is 26.2 Å². The lowest BCUT2D eigenvalue weighted by atomic mass is 9.67. The molecule has 0 spiro atoms. The summed E-state index contributed by atoms with van der Waals surface area (Å²) in [5.74, 6) is 0.337. The van der Waals surface area contributed by atoms with E-state index in [0.29, 0.717) is 5.75 Å². The molecule has 0 saturated carbocycles. The third-order valence-electron chi connectivity index (χ3n) is 6.52. The highest BCUT2D eigenvalue weighted by Crippen LogP contribution is 2.56. The molecule has 0 radical (unpaired) electrons. The quantitative estimate of drug-likeness (QED) is 0.364. The molecular formula is C28H24O. The molecule has 29 heavy (non-hydrogen) atoms. The van der Waals surface area contributed by atoms with Gasteiger partial charge in [0.25, 0.3) is 0 Å². The molecule has 1 N–H and O–H groups in total. The predicted molar refractivity (Wildman–Crippen MR) is 120 cm³/mol. The van der Waals surface area contributed by atoms with Crippen molar-refractivity contribution in [3.8, 4) is 16.9 Å². The number of hydrogen-bond acceptors (Lipinski definition) is 1. The first-order chi connectivity index (χ1) is 14.0. The number of fused-ring (bicyclic) bond motifs is 3. The van der Waals surface area contributed by atoms with Gasteiger partial charge in [-0.2, -0.15) is 0 Å². The van der Waals surface area contributed by atoms with Crippen LogP contribution in [0.2, 0.25) is 0 Å². The molecule has 0 amide bonds. The van der Waals surface area contributed by atoms with E-state index in [4.69, 9.17) is 0 Å². The number of aromatic hydroxyl groups is 1. The summed E-state index contributed by atoms with van der Waals surface area (Å²) in [4.78, 5) is 0. The highest BCUT2D eigenvalue weighted by molar-refractivity contribution is 5.86. The summed E-state index contributed by atoms with van der Waals surface area (Å²) in [5.41, 5.74) is 10.7. The maximum Gasteiger partial charge on any atom is 0.118 e. The third-order valence-corrected chi connectivity index (χ3v) is 6.52. The van der Waals surface area contributed by atoms with Gasteiger partial charge in [0, 0.05) is 0 Å². The summed E-state index contributed by atoms with van der Waals surface area (Å²) in [5, 5.41) is 10.2. The van der Waals surface area contributed by atoms with Crippen molar-refractivity contribution in [1.82, 2.24) is 0 Å². The van der Waals surface area contributed by atoms with Crippen LogP contribution in [0.1, 0.15) is 38.9 Å². The Morgan fingerprint density at radius 2 is 1.07 bits per heavy atom. The second-order valence-electron chi connectivity index (χ2n) is 8.14. The Morgan fingerprint density at radius 1 is 0.552 bits per heavy atom. The smallest absolute Gasteiger partial charge is 0.118 e. The van der Waals surface area contributed by atoms with E-state index in [2.05, 4.69) is 92.7 Å². The van der Waals surface area contributed by atoms with Crippen molar-refractivity contribution in [3.63, 3.8) is 0 Å². The van der Waals surface area contributed by atoms with Crippen LogP contribution in [0.4, 0.5) is 0 Å². The molecule has 5 rings (SSSR count). The molecule has 0 atom stereocenters. The highest BCUT2D eigenvalue weighted by atomic mass is 16.3. The lowest BCUT2D eigenvalue weighted by Gasteiger charge is -2.34. The molecule has 4 aromatic rings. The number of phenols is 1. The molecule has 1 aliphatic rings. The van der Waals surface area contributed by atoms with Gasteiger partial charge in [-0.25, -0.2) is 0 Å². The Kier molecular flexibility index (Phi) is 3.89. The van der Waals surface area contributed by atoms with Crippen LogP contribution < -0.4 is 0 Å². The molecular weight excluding hydrogens is 352 g/mol. The number of aryl methyl sites for hydroxylation is 3. The van der Waals surface area contributed by atoms with E-state index >= 15 is 0 Å². The van der Waals surface area contributed by atoms with Crippen molar-refractivity contribution in [1.29, 1.82) is 0 Å². The first kappa shape index (κ1) is 17.8. The summed E-state index contributed by atoms with van der Waals surface area (Å²) in [6, 6.07) is 30.3. The van der Waals surface area contributed by atoms with E-state index in [1.807, 2.05) is 13.0 Å². The fourth-order valence-corrected chi connectivity index (χ4v) is 4.89. The molecule has 0 saturated heterocycles. The first-order valence-corrected chi connectivity index (χ1v) is 10.1. The molecule has 0 heterocycles. The zero-order valence-electron chi connectivity index (χ0n) is 17.0. The Balaban J connectivity index is 1.97. The van der Waals surface area contributed by atoms with Crippen LogP contribution in [0.5, 0.6) is 5.75 Å². The molecule has 0 bridgehead atoms. The van der Waals surface area contributed by atoms with Gasteiger partial charge in [-0.1, -0.05) is 78.9 Å². The molecule has 1 aliphatic carbocycles. The Morgan fingerprint density at radius 3 is 1.62 bits per heavy atom. The minimum Gasteiger partial charge on any atom is -0.508 e. The van der Waals surface area contributed by atoms with E-state index in [1.165, 1.54) is 44.5 Å². The average Bonchev–Trinajstić information content (AvgIpc) is 3.04. The van der Waals surface area contributed by atoms with Gasteiger partial charge in [0.15, 0.2) is 0 Å². The number of rotatable bonds is 2. The van der Waals surface area contributed by atoms with Crippen LogP contribution in [0.15, 0.2) is 84.9 Å². The molecule has 4 aromatic carbocycles. The van der Waals surface area contributed by atoms with Gasteiger partial charge in [-0.15, -0.1) is 0 Å². The Bertz CT molecular complexity index is 1150. The third kappa shape index (κ3) is 2.40. The van der Waals surface area contributed by atoms with Gasteiger partial charge in [-0.05, 0) is 76.9 Å². The lowest BCUT2D eigenvalue weighted by Crippen LogP contribution is -2.28. The molecule has 1 heteroatoms. The second kappa shape index (κ2) is 6.35. The largest absolute Gasteiger partial charge is 0.508 e. The van der Waals surface area contributed by atoms with E-state index < -0.39 is 5.41 Å². The maximum atomic E-state index is 10.2. The fraction of sp³-hybridized carbons (Fsp3) is 0.143. The number of hydrogen-bond donors (Lipinski definition) is 1. The van der Waals surface area contributed by atoms with Crippen LogP contribution in [0.25, 0.3) is 11.1 Å². The van der Waals surface area contributed by atoms with E-state index in [0.717, 1.165) is 5.56 Å². The number of phenolic OH excluding ortho intramolecular Hbond substituents is 1. The summed E-state index contributed by atoms with van der Waals surface area (Å²) >= 11 is 0. The van der Waals surface area contributed by atoms with Crippen molar-refractivity contribution in [3.05, 3.63) is 124 Å². The first-order valence-electron chi connectivity index (χ1n) is 10.1. The maximum absolute atomic E-state index is 10.2. The lowest BCUT2D eigenvalue weighted by molar-refractivity contribution is 0.470. The van der Waals surface area contributed by atoms with E-state index in [9.17, 15) is 5.11 Å². The van der Waals surface area contributed by atoms with Crippen molar-refractivity contribution in [2.24, 2.45) is 0 Å². The van der Waals surface area contributed by atoms with Crippen LogP contribution in [-0.4, -0.2) is 5.11 Å². The zero-order chi connectivity index (χ0) is 20.2. The summed E-state index contributed by atoms with van der Waals surface area (Å²) in [6.07, 6.45) is 0. The standard InChI is InChI=1S/C28H24O/c1-18-12-13-21(16-19(18)2)28(22-14-15-27(29)20(3)17-22)25-10-6-4-8-23(25)24-9-5-7-11-26(24)28/h4-17,29H,1-3H3. The monoisotopic (exact) mass is 376 g/mol. The molecule has 142 valence electrons. The van der Waals surface area contributed by atoms with Gasteiger partial charge >= 0.3 is 0 Å². The van der Waals surface area contributed by atoms with Gasteiger partial charge in [0.1, 0.15) is 5.75 Å². The fourth-order valence-electron chi connectivity index (χ4n) is 4.89. The normalized spacial score (nSPS) is 13.8. The minimum atomic E-state index is -0.399. The predicted octanol–water partition coefficient (Wildman–Crippen LogP) is 6.68. The average molecular weight is 376 g/mol. The SMILES string of the molecule is Cc1ccc(C2(c3ccc(O)c(C)c3)c3ccccc3-c3ccccc32)cc1C. The molecule has 0 fully saturated rings. The van der Waals surface area contributed by atoms with Crippen LogP contribution in [0.3, 0.4) is 0 Å². The van der Waals surface area contributed by atoms with Crippen LogP contribution in [0, 0.1) is 20.8 Å². The summed E-state index contributed by atoms with van der Waals surface area (Å²) in [6.45, 7) is 6.31. The van der Waals surface area contributed by atoms with Crippen LogP contribution in [-0.2, 0) is 5.41 Å². The van der Waals surface area contributed by atoms with Crippen molar-refractivity contribution < 1.29 is 5.11 Å². The van der Waals surface area contributed by atoms with Crippen LogP contribution >= 0.6 is 0 Å². The topological polar surface area (TPSA) is 20.2 Å². The Hall–Kier alpha value is -3.32. The second-order valence-corrected chi connectivity index (χ2v) is 8.14. The minimum absolute atomic E-state index is 0.337. The van der Waals surface area contributed by atoms with E-state index in [-0.39, 0.29) is 0 Å². The number of benzene rings is 4. The molecule has 0 aromatic heterocycles.